The molecule has 0 aliphatic rings. The summed E-state index contributed by atoms with van der Waals surface area (Å²) in [5.74, 6) is -0.0990. The van der Waals surface area contributed by atoms with E-state index in [2.05, 4.69) is 13.8 Å². The largest absolute Gasteiger partial charge is 0.396 e. The molecule has 2 aromatic heterocycles. The number of aliphatic hydroxyl groups excluding tert-OH is 1. The average Bonchev–Trinajstić information content (AvgIpc) is 3.37. The molecule has 0 unspecified atom stereocenters. The zero-order valence-corrected chi connectivity index (χ0v) is 22.2. The molecule has 5 nitrogen and oxygen atoms in total. The summed E-state index contributed by atoms with van der Waals surface area (Å²) in [7, 11) is 0. The predicted octanol–water partition coefficient (Wildman–Crippen LogP) is 6.67. The molecular weight excluding hydrogens is 492 g/mol. The van der Waals surface area contributed by atoms with Crippen molar-refractivity contribution in [3.63, 3.8) is 0 Å². The normalized spacial score (nSPS) is 11.1. The van der Waals surface area contributed by atoms with Crippen LogP contribution in [-0.2, 0) is 12.8 Å². The number of para-hydroxylation sites is 1. The van der Waals surface area contributed by atoms with Crippen molar-refractivity contribution in [3.05, 3.63) is 91.7 Å². The summed E-state index contributed by atoms with van der Waals surface area (Å²) in [6.45, 7) is 5.89. The van der Waals surface area contributed by atoms with Gasteiger partial charge in [0, 0.05) is 40.3 Å². The fraction of sp³-hybridized carbons (Fsp3) is 0.276. The van der Waals surface area contributed by atoms with Gasteiger partial charge in [-0.2, -0.15) is 0 Å². The number of rotatable bonds is 9. The average molecular weight is 521 g/mol. The number of carbonyl (C=O) groups is 1. The lowest BCUT2D eigenvalue weighted by molar-refractivity contribution is 0.0970. The van der Waals surface area contributed by atoms with E-state index in [1.807, 2.05) is 42.6 Å². The molecule has 4 rings (SSSR count). The number of Topliss-reactive ketones (excluding diaryl/α,β-unsaturated/α-hetero) is 1. The minimum absolute atomic E-state index is 0.0626. The lowest BCUT2D eigenvalue weighted by Crippen LogP contribution is -2.27. The van der Waals surface area contributed by atoms with Gasteiger partial charge in [-0.3, -0.25) is 14.2 Å². The van der Waals surface area contributed by atoms with Crippen LogP contribution in [0, 0.1) is 6.92 Å². The molecule has 0 aliphatic carbocycles. The third kappa shape index (κ3) is 5.07. The lowest BCUT2D eigenvalue weighted by Gasteiger charge is -2.21. The molecule has 0 spiro atoms. The van der Waals surface area contributed by atoms with E-state index in [1.165, 1.54) is 11.3 Å². The molecule has 0 fully saturated rings. The SMILES string of the molecule is CCc1cccc(CC)c1-n1c(C)c(C(=O)CCCO)cc(-c2nc(-c3ccc(Cl)cc3)cs2)c1=O. The molecule has 1 N–H and O–H groups in total. The first-order valence-corrected chi connectivity index (χ1v) is 13.4. The van der Waals surface area contributed by atoms with E-state index < -0.39 is 0 Å². The minimum Gasteiger partial charge on any atom is -0.396 e. The van der Waals surface area contributed by atoms with Gasteiger partial charge < -0.3 is 5.11 Å². The number of thiazole rings is 1. The minimum atomic E-state index is -0.196. The Morgan fingerprint density at radius 2 is 1.75 bits per heavy atom. The van der Waals surface area contributed by atoms with Crippen LogP contribution in [0.2, 0.25) is 5.02 Å². The van der Waals surface area contributed by atoms with E-state index in [-0.39, 0.29) is 24.4 Å². The van der Waals surface area contributed by atoms with Crippen LogP contribution in [0.3, 0.4) is 0 Å². The summed E-state index contributed by atoms with van der Waals surface area (Å²) < 4.78 is 1.70. The highest BCUT2D eigenvalue weighted by molar-refractivity contribution is 7.13. The van der Waals surface area contributed by atoms with Crippen LogP contribution < -0.4 is 5.56 Å². The van der Waals surface area contributed by atoms with Crippen molar-refractivity contribution in [2.75, 3.05) is 6.61 Å². The number of carbonyl (C=O) groups excluding carboxylic acids is 1. The van der Waals surface area contributed by atoms with Gasteiger partial charge in [-0.1, -0.05) is 55.8 Å². The molecule has 0 saturated heterocycles. The van der Waals surface area contributed by atoms with E-state index in [0.29, 0.717) is 33.3 Å². The van der Waals surface area contributed by atoms with Gasteiger partial charge in [0.05, 0.1) is 16.9 Å². The fourth-order valence-electron chi connectivity index (χ4n) is 4.44. The monoisotopic (exact) mass is 520 g/mol. The highest BCUT2D eigenvalue weighted by Crippen LogP contribution is 2.31. The number of aliphatic hydroxyl groups is 1. The number of nitrogens with zero attached hydrogens (tertiary/aromatic N) is 2. The Bertz CT molecular complexity index is 1430. The fourth-order valence-corrected chi connectivity index (χ4v) is 5.40. The molecule has 2 heterocycles. The topological polar surface area (TPSA) is 72.2 Å². The molecule has 0 radical (unpaired) electrons. The molecule has 0 aliphatic heterocycles. The standard InChI is InChI=1S/C29H29ClN2O3S/c1-4-19-8-6-9-20(5-2)27(19)32-18(3)23(26(34)10-7-15-33)16-24(29(32)35)28-31-25(17-36-28)21-11-13-22(30)14-12-21/h6,8-9,11-14,16-17,33H,4-5,7,10,15H2,1-3H3. The third-order valence-corrected chi connectivity index (χ3v) is 7.50. The molecule has 4 aromatic rings. The molecule has 0 bridgehead atoms. The molecule has 186 valence electrons. The number of hydrogen-bond acceptors (Lipinski definition) is 5. The zero-order valence-electron chi connectivity index (χ0n) is 20.7. The summed E-state index contributed by atoms with van der Waals surface area (Å²) in [5, 5.41) is 12.4. The van der Waals surface area contributed by atoms with Crippen molar-refractivity contribution in [1.82, 2.24) is 9.55 Å². The van der Waals surface area contributed by atoms with Crippen LogP contribution in [-0.4, -0.2) is 27.0 Å². The maximum absolute atomic E-state index is 14.1. The van der Waals surface area contributed by atoms with Crippen molar-refractivity contribution in [2.24, 2.45) is 0 Å². The Morgan fingerprint density at radius 1 is 1.08 bits per heavy atom. The maximum Gasteiger partial charge on any atom is 0.265 e. The van der Waals surface area contributed by atoms with Crippen LogP contribution in [0.25, 0.3) is 27.5 Å². The molecule has 0 atom stereocenters. The first kappa shape index (κ1) is 26.0. The summed E-state index contributed by atoms with van der Waals surface area (Å²) in [5.41, 5.74) is 5.87. The summed E-state index contributed by atoms with van der Waals surface area (Å²) in [6.07, 6.45) is 2.09. The second kappa shape index (κ2) is 11.3. The van der Waals surface area contributed by atoms with Crippen LogP contribution in [0.15, 0.2) is 58.7 Å². The zero-order chi connectivity index (χ0) is 25.8. The highest BCUT2D eigenvalue weighted by atomic mass is 35.5. The molecule has 0 saturated carbocycles. The maximum atomic E-state index is 14.1. The van der Waals surface area contributed by atoms with Crippen LogP contribution in [0.5, 0.6) is 0 Å². The van der Waals surface area contributed by atoms with Gasteiger partial charge in [-0.25, -0.2) is 4.98 Å². The summed E-state index contributed by atoms with van der Waals surface area (Å²) in [6, 6.07) is 15.1. The second-order valence-corrected chi connectivity index (χ2v) is 9.92. The number of benzene rings is 2. The quantitative estimate of drug-likeness (QED) is 0.250. The van der Waals surface area contributed by atoms with E-state index >= 15 is 0 Å². The molecule has 7 heteroatoms. The first-order chi connectivity index (χ1) is 17.4. The van der Waals surface area contributed by atoms with Crippen LogP contribution in [0.4, 0.5) is 0 Å². The number of aromatic nitrogens is 2. The van der Waals surface area contributed by atoms with Gasteiger partial charge in [0.2, 0.25) is 0 Å². The number of ketones is 1. The van der Waals surface area contributed by atoms with Crippen molar-refractivity contribution in [2.45, 2.75) is 46.5 Å². The first-order valence-electron chi connectivity index (χ1n) is 12.1. The van der Waals surface area contributed by atoms with E-state index in [1.54, 1.807) is 22.8 Å². The third-order valence-electron chi connectivity index (χ3n) is 6.37. The summed E-state index contributed by atoms with van der Waals surface area (Å²) >= 11 is 7.41. The van der Waals surface area contributed by atoms with Gasteiger partial charge in [-0.15, -0.1) is 11.3 Å². The summed E-state index contributed by atoms with van der Waals surface area (Å²) in [4.78, 5) is 32.0. The van der Waals surface area contributed by atoms with E-state index in [4.69, 9.17) is 16.6 Å². The van der Waals surface area contributed by atoms with Gasteiger partial charge in [0.25, 0.3) is 5.56 Å². The Hall–Kier alpha value is -3.06. The molecule has 0 amide bonds. The molecular formula is C29H29ClN2O3S. The van der Waals surface area contributed by atoms with Crippen molar-refractivity contribution in [1.29, 1.82) is 0 Å². The van der Waals surface area contributed by atoms with Crippen molar-refractivity contribution < 1.29 is 9.90 Å². The molecule has 2 aromatic carbocycles. The van der Waals surface area contributed by atoms with Gasteiger partial charge in [0.15, 0.2) is 5.78 Å². The highest BCUT2D eigenvalue weighted by Gasteiger charge is 2.23. The van der Waals surface area contributed by atoms with Gasteiger partial charge >= 0.3 is 0 Å². The Labute approximate surface area is 220 Å². The number of pyridine rings is 1. The number of aryl methyl sites for hydroxylation is 2. The Morgan fingerprint density at radius 3 is 2.36 bits per heavy atom. The van der Waals surface area contributed by atoms with Crippen molar-refractivity contribution >= 4 is 28.7 Å². The van der Waals surface area contributed by atoms with Crippen LogP contribution >= 0.6 is 22.9 Å². The second-order valence-electron chi connectivity index (χ2n) is 8.62. The smallest absolute Gasteiger partial charge is 0.265 e. The van der Waals surface area contributed by atoms with Gasteiger partial charge in [0.1, 0.15) is 5.01 Å². The number of halogens is 1. The van der Waals surface area contributed by atoms with Gasteiger partial charge in [-0.05, 0) is 55.5 Å². The Balaban J connectivity index is 1.97. The number of hydrogen-bond donors (Lipinski definition) is 1. The van der Waals surface area contributed by atoms with Crippen LogP contribution in [0.1, 0.15) is 53.9 Å². The predicted molar refractivity (Wildman–Crippen MR) is 148 cm³/mol. The van der Waals surface area contributed by atoms with Crippen molar-refractivity contribution in [3.8, 4) is 27.5 Å². The lowest BCUT2D eigenvalue weighted by atomic mass is 9.99. The van der Waals surface area contributed by atoms with E-state index in [9.17, 15) is 14.7 Å². The van der Waals surface area contributed by atoms with E-state index in [0.717, 1.165) is 40.9 Å². The molecule has 36 heavy (non-hydrogen) atoms. The Kier molecular flexibility index (Phi) is 8.19.